The van der Waals surface area contributed by atoms with Crippen LogP contribution < -0.4 is 5.32 Å². The molecule has 1 heteroatoms. The summed E-state index contributed by atoms with van der Waals surface area (Å²) < 4.78 is 0. The highest BCUT2D eigenvalue weighted by Gasteiger charge is 2.11. The largest absolute Gasteiger partial charge is 0.312 e. The van der Waals surface area contributed by atoms with Gasteiger partial charge in [0, 0.05) is 5.54 Å². The van der Waals surface area contributed by atoms with Gasteiger partial charge < -0.3 is 5.32 Å². The minimum Gasteiger partial charge on any atom is -0.312 e. The number of rotatable bonds is 6. The molecule has 0 heterocycles. The third kappa shape index (κ3) is 6.11. The standard InChI is InChI=1S/C10H21N/c1-5-7-8-9-11-10(3,4)6-2/h5,11H,1,6-9H2,2-4H3. The lowest BCUT2D eigenvalue weighted by molar-refractivity contribution is 0.375. The Hall–Kier alpha value is -0.300. The summed E-state index contributed by atoms with van der Waals surface area (Å²) >= 11 is 0. The first-order valence-corrected chi connectivity index (χ1v) is 4.48. The lowest BCUT2D eigenvalue weighted by Crippen LogP contribution is -2.38. The summed E-state index contributed by atoms with van der Waals surface area (Å²) in [6, 6.07) is 0. The van der Waals surface area contributed by atoms with Gasteiger partial charge in [0.05, 0.1) is 0 Å². The van der Waals surface area contributed by atoms with Crippen molar-refractivity contribution in [2.45, 2.75) is 45.6 Å². The van der Waals surface area contributed by atoms with Crippen LogP contribution in [0.3, 0.4) is 0 Å². The fraction of sp³-hybridized carbons (Fsp3) is 0.800. The van der Waals surface area contributed by atoms with Gasteiger partial charge in [0.1, 0.15) is 0 Å². The predicted octanol–water partition coefficient (Wildman–Crippen LogP) is 2.73. The Balaban J connectivity index is 3.29. The number of hydrogen-bond donors (Lipinski definition) is 1. The van der Waals surface area contributed by atoms with E-state index in [2.05, 4.69) is 32.7 Å². The fourth-order valence-electron chi connectivity index (χ4n) is 0.798. The molecule has 0 aliphatic heterocycles. The topological polar surface area (TPSA) is 12.0 Å². The number of allylic oxidation sites excluding steroid dienone is 1. The van der Waals surface area contributed by atoms with Crippen molar-refractivity contribution in [2.24, 2.45) is 0 Å². The van der Waals surface area contributed by atoms with E-state index >= 15 is 0 Å². The summed E-state index contributed by atoms with van der Waals surface area (Å²) in [5, 5.41) is 3.50. The molecule has 1 nitrogen and oxygen atoms in total. The Bertz CT molecular complexity index is 105. The third-order valence-corrected chi connectivity index (χ3v) is 2.07. The van der Waals surface area contributed by atoms with Crippen molar-refractivity contribution >= 4 is 0 Å². The molecule has 0 aliphatic carbocycles. The van der Waals surface area contributed by atoms with Crippen LogP contribution in [0.4, 0.5) is 0 Å². The molecule has 0 radical (unpaired) electrons. The molecule has 0 spiro atoms. The Labute approximate surface area is 70.9 Å². The van der Waals surface area contributed by atoms with Crippen molar-refractivity contribution in [1.29, 1.82) is 0 Å². The smallest absolute Gasteiger partial charge is 0.0122 e. The van der Waals surface area contributed by atoms with Gasteiger partial charge in [0.25, 0.3) is 0 Å². The lowest BCUT2D eigenvalue weighted by Gasteiger charge is -2.24. The summed E-state index contributed by atoms with van der Waals surface area (Å²) in [7, 11) is 0. The van der Waals surface area contributed by atoms with Gasteiger partial charge in [-0.25, -0.2) is 0 Å². The van der Waals surface area contributed by atoms with E-state index in [1.54, 1.807) is 0 Å². The van der Waals surface area contributed by atoms with Gasteiger partial charge in [0.15, 0.2) is 0 Å². The summed E-state index contributed by atoms with van der Waals surface area (Å²) in [5.41, 5.74) is 0.307. The van der Waals surface area contributed by atoms with E-state index in [0.717, 1.165) is 13.0 Å². The van der Waals surface area contributed by atoms with Gasteiger partial charge in [-0.2, -0.15) is 0 Å². The molecule has 0 aromatic heterocycles. The van der Waals surface area contributed by atoms with E-state index in [-0.39, 0.29) is 0 Å². The van der Waals surface area contributed by atoms with E-state index in [9.17, 15) is 0 Å². The van der Waals surface area contributed by atoms with Gasteiger partial charge in [-0.05, 0) is 39.7 Å². The van der Waals surface area contributed by atoms with E-state index in [1.165, 1.54) is 12.8 Å². The molecule has 0 saturated carbocycles. The highest BCUT2D eigenvalue weighted by Crippen LogP contribution is 2.06. The van der Waals surface area contributed by atoms with Crippen LogP contribution in [0, 0.1) is 0 Å². The van der Waals surface area contributed by atoms with Crippen molar-refractivity contribution in [2.75, 3.05) is 6.54 Å². The van der Waals surface area contributed by atoms with Crippen molar-refractivity contribution in [1.82, 2.24) is 5.32 Å². The maximum atomic E-state index is 3.69. The molecule has 11 heavy (non-hydrogen) atoms. The molecular weight excluding hydrogens is 134 g/mol. The molecular formula is C10H21N. The second kappa shape index (κ2) is 5.36. The maximum absolute atomic E-state index is 3.69. The highest BCUT2D eigenvalue weighted by molar-refractivity contribution is 4.75. The number of hydrogen-bond acceptors (Lipinski definition) is 1. The van der Waals surface area contributed by atoms with Gasteiger partial charge in [-0.1, -0.05) is 13.0 Å². The summed E-state index contributed by atoms with van der Waals surface area (Å²) in [6.45, 7) is 11.5. The molecule has 0 unspecified atom stereocenters. The predicted molar refractivity (Wildman–Crippen MR) is 51.8 cm³/mol. The molecule has 0 aliphatic rings. The van der Waals surface area contributed by atoms with Crippen LogP contribution in [0.15, 0.2) is 12.7 Å². The first-order chi connectivity index (χ1) is 5.12. The molecule has 0 aromatic rings. The second-order valence-corrected chi connectivity index (χ2v) is 3.60. The van der Waals surface area contributed by atoms with Crippen LogP contribution in [0.1, 0.15) is 40.0 Å². The molecule has 66 valence electrons. The van der Waals surface area contributed by atoms with E-state index < -0.39 is 0 Å². The van der Waals surface area contributed by atoms with Crippen molar-refractivity contribution in [3.05, 3.63) is 12.7 Å². The van der Waals surface area contributed by atoms with E-state index in [4.69, 9.17) is 0 Å². The number of nitrogens with one attached hydrogen (secondary N) is 1. The molecule has 0 atom stereocenters. The van der Waals surface area contributed by atoms with Crippen LogP contribution in [-0.2, 0) is 0 Å². The quantitative estimate of drug-likeness (QED) is 0.459. The van der Waals surface area contributed by atoms with Crippen LogP contribution in [0.2, 0.25) is 0 Å². The molecule has 0 amide bonds. The first-order valence-electron chi connectivity index (χ1n) is 4.48. The maximum Gasteiger partial charge on any atom is 0.0122 e. The Kier molecular flexibility index (Phi) is 5.22. The molecule has 0 rings (SSSR count). The van der Waals surface area contributed by atoms with Crippen LogP contribution >= 0.6 is 0 Å². The zero-order valence-corrected chi connectivity index (χ0v) is 8.11. The zero-order chi connectivity index (χ0) is 8.74. The van der Waals surface area contributed by atoms with Crippen LogP contribution in [0.5, 0.6) is 0 Å². The van der Waals surface area contributed by atoms with Gasteiger partial charge in [0.2, 0.25) is 0 Å². The van der Waals surface area contributed by atoms with E-state index in [0.29, 0.717) is 5.54 Å². The first kappa shape index (κ1) is 10.7. The van der Waals surface area contributed by atoms with Crippen molar-refractivity contribution in [3.8, 4) is 0 Å². The number of unbranched alkanes of at least 4 members (excludes halogenated alkanes) is 1. The molecule has 0 bridgehead atoms. The Morgan fingerprint density at radius 1 is 1.45 bits per heavy atom. The molecule has 0 aromatic carbocycles. The zero-order valence-electron chi connectivity index (χ0n) is 8.11. The average Bonchev–Trinajstić information content (AvgIpc) is 1.99. The van der Waals surface area contributed by atoms with Gasteiger partial charge in [-0.3, -0.25) is 0 Å². The highest BCUT2D eigenvalue weighted by atomic mass is 14.9. The molecule has 0 fully saturated rings. The second-order valence-electron chi connectivity index (χ2n) is 3.60. The Morgan fingerprint density at radius 2 is 2.09 bits per heavy atom. The van der Waals surface area contributed by atoms with Crippen molar-refractivity contribution in [3.63, 3.8) is 0 Å². The SMILES string of the molecule is C=CCCCNC(C)(C)CC. The summed E-state index contributed by atoms with van der Waals surface area (Å²) in [4.78, 5) is 0. The minimum atomic E-state index is 0.307. The molecule has 1 N–H and O–H groups in total. The molecule has 0 saturated heterocycles. The van der Waals surface area contributed by atoms with Crippen LogP contribution in [-0.4, -0.2) is 12.1 Å². The fourth-order valence-corrected chi connectivity index (χ4v) is 0.798. The average molecular weight is 155 g/mol. The summed E-state index contributed by atoms with van der Waals surface area (Å²) in [6.07, 6.45) is 5.47. The lowest BCUT2D eigenvalue weighted by atomic mass is 10.0. The van der Waals surface area contributed by atoms with Crippen molar-refractivity contribution < 1.29 is 0 Å². The normalized spacial score (nSPS) is 11.5. The Morgan fingerprint density at radius 3 is 2.55 bits per heavy atom. The van der Waals surface area contributed by atoms with Crippen LogP contribution in [0.25, 0.3) is 0 Å². The summed E-state index contributed by atoms with van der Waals surface area (Å²) in [5.74, 6) is 0. The third-order valence-electron chi connectivity index (χ3n) is 2.07. The monoisotopic (exact) mass is 155 g/mol. The van der Waals surface area contributed by atoms with Gasteiger partial charge >= 0.3 is 0 Å². The van der Waals surface area contributed by atoms with E-state index in [1.807, 2.05) is 6.08 Å². The minimum absolute atomic E-state index is 0.307. The van der Waals surface area contributed by atoms with Gasteiger partial charge in [-0.15, -0.1) is 6.58 Å².